The number of piperazine rings is 1. The normalized spacial score (nSPS) is 17.2. The quantitative estimate of drug-likeness (QED) is 0.786. The summed E-state index contributed by atoms with van der Waals surface area (Å²) in [5, 5.41) is 3.57. The minimum absolute atomic E-state index is 0.250. The van der Waals surface area contributed by atoms with Crippen LogP contribution in [0.2, 0.25) is 5.02 Å². The summed E-state index contributed by atoms with van der Waals surface area (Å²) in [6.07, 6.45) is -0.393. The minimum Gasteiger partial charge on any atom is -0.447 e. The molecule has 2 aromatic carbocycles. The molecule has 0 aliphatic carbocycles. The number of carbonyl (C=O) groups is 2. The third-order valence-corrected chi connectivity index (χ3v) is 5.78. The van der Waals surface area contributed by atoms with E-state index >= 15 is 0 Å². The summed E-state index contributed by atoms with van der Waals surface area (Å²) in [5.74, 6) is -0.250. The standard InChI is InChI=1S/C22H25ClN4O3/c1-2-25-8-10-26(11-9-25)20-7-6-17(23)15-19(20)24-21(28)16-4-3-5-18(14-16)27-12-13-30-22(27)29/h3-7,14-15H,2,8-13H2,1H3,(H,24,28). The Morgan fingerprint density at radius 1 is 1.10 bits per heavy atom. The van der Waals surface area contributed by atoms with E-state index in [4.69, 9.17) is 16.3 Å². The van der Waals surface area contributed by atoms with E-state index in [1.807, 2.05) is 12.1 Å². The molecule has 0 aromatic heterocycles. The van der Waals surface area contributed by atoms with Crippen molar-refractivity contribution in [3.63, 3.8) is 0 Å². The molecule has 2 saturated heterocycles. The molecular formula is C22H25ClN4O3. The molecule has 0 unspecified atom stereocenters. The van der Waals surface area contributed by atoms with E-state index in [-0.39, 0.29) is 5.91 Å². The van der Waals surface area contributed by atoms with Crippen LogP contribution in [0.25, 0.3) is 0 Å². The molecule has 2 aliphatic heterocycles. The van der Waals surface area contributed by atoms with Crippen LogP contribution < -0.4 is 15.1 Å². The Morgan fingerprint density at radius 2 is 1.90 bits per heavy atom. The average molecular weight is 429 g/mol. The fraction of sp³-hybridized carbons (Fsp3) is 0.364. The molecule has 2 amide bonds. The van der Waals surface area contributed by atoms with Crippen LogP contribution in [0.1, 0.15) is 17.3 Å². The highest BCUT2D eigenvalue weighted by Crippen LogP contribution is 2.31. The zero-order chi connectivity index (χ0) is 21.1. The number of carbonyl (C=O) groups excluding carboxylic acids is 2. The molecule has 2 heterocycles. The Kier molecular flexibility index (Phi) is 6.11. The van der Waals surface area contributed by atoms with Gasteiger partial charge in [-0.25, -0.2) is 4.79 Å². The lowest BCUT2D eigenvalue weighted by Gasteiger charge is -2.36. The van der Waals surface area contributed by atoms with E-state index in [2.05, 4.69) is 22.0 Å². The molecule has 8 heteroatoms. The molecule has 158 valence electrons. The van der Waals surface area contributed by atoms with E-state index < -0.39 is 6.09 Å². The van der Waals surface area contributed by atoms with E-state index in [0.29, 0.717) is 35.1 Å². The van der Waals surface area contributed by atoms with E-state index in [0.717, 1.165) is 38.4 Å². The summed E-state index contributed by atoms with van der Waals surface area (Å²) in [6.45, 7) is 7.80. The highest BCUT2D eigenvalue weighted by Gasteiger charge is 2.24. The van der Waals surface area contributed by atoms with Crippen LogP contribution in [0.4, 0.5) is 21.9 Å². The van der Waals surface area contributed by atoms with Gasteiger partial charge in [-0.2, -0.15) is 0 Å². The first-order chi connectivity index (χ1) is 14.5. The summed E-state index contributed by atoms with van der Waals surface area (Å²) in [7, 11) is 0. The van der Waals surface area contributed by atoms with Crippen LogP contribution >= 0.6 is 11.6 Å². The smallest absolute Gasteiger partial charge is 0.414 e. The Morgan fingerprint density at radius 3 is 2.60 bits per heavy atom. The summed E-state index contributed by atoms with van der Waals surface area (Å²) >= 11 is 6.22. The van der Waals surface area contributed by atoms with Gasteiger partial charge in [-0.15, -0.1) is 0 Å². The number of likely N-dealkylation sites (N-methyl/N-ethyl adjacent to an activating group) is 1. The topological polar surface area (TPSA) is 65.1 Å². The van der Waals surface area contributed by atoms with Crippen molar-refractivity contribution < 1.29 is 14.3 Å². The average Bonchev–Trinajstić information content (AvgIpc) is 3.20. The van der Waals surface area contributed by atoms with Gasteiger partial charge < -0.3 is 19.9 Å². The first kappa shape index (κ1) is 20.5. The number of anilines is 3. The number of hydrogen-bond donors (Lipinski definition) is 1. The Hall–Kier alpha value is -2.77. The maximum absolute atomic E-state index is 13.0. The predicted molar refractivity (Wildman–Crippen MR) is 119 cm³/mol. The lowest BCUT2D eigenvalue weighted by Crippen LogP contribution is -2.46. The van der Waals surface area contributed by atoms with Gasteiger partial charge in [0, 0.05) is 42.5 Å². The molecule has 30 heavy (non-hydrogen) atoms. The van der Waals surface area contributed by atoms with Crippen LogP contribution in [0.15, 0.2) is 42.5 Å². The molecule has 0 radical (unpaired) electrons. The van der Waals surface area contributed by atoms with Crippen molar-refractivity contribution in [1.82, 2.24) is 4.90 Å². The van der Waals surface area contributed by atoms with Gasteiger partial charge in [0.05, 0.1) is 17.9 Å². The molecular weight excluding hydrogens is 404 g/mol. The first-order valence-electron chi connectivity index (χ1n) is 10.2. The molecule has 4 rings (SSSR count). The second kappa shape index (κ2) is 8.93. The lowest BCUT2D eigenvalue weighted by atomic mass is 10.1. The van der Waals surface area contributed by atoms with E-state index in [9.17, 15) is 9.59 Å². The molecule has 2 aromatic rings. The number of cyclic esters (lactones) is 1. The minimum atomic E-state index is -0.393. The number of halogens is 1. The number of nitrogens with zero attached hydrogens (tertiary/aromatic N) is 3. The molecule has 0 bridgehead atoms. The summed E-state index contributed by atoms with van der Waals surface area (Å²) in [4.78, 5) is 31.0. The zero-order valence-electron chi connectivity index (χ0n) is 16.9. The highest BCUT2D eigenvalue weighted by molar-refractivity contribution is 6.31. The van der Waals surface area contributed by atoms with Crippen molar-refractivity contribution in [1.29, 1.82) is 0 Å². The highest BCUT2D eigenvalue weighted by atomic mass is 35.5. The van der Waals surface area contributed by atoms with Gasteiger partial charge in [0.25, 0.3) is 5.91 Å². The summed E-state index contributed by atoms with van der Waals surface area (Å²) in [6, 6.07) is 12.6. The fourth-order valence-electron chi connectivity index (χ4n) is 3.83. The van der Waals surface area contributed by atoms with E-state index in [1.165, 1.54) is 4.90 Å². The molecule has 7 nitrogen and oxygen atoms in total. The van der Waals surface area contributed by atoms with Gasteiger partial charge in [0.1, 0.15) is 6.61 Å². The molecule has 1 N–H and O–H groups in total. The van der Waals surface area contributed by atoms with Gasteiger partial charge >= 0.3 is 6.09 Å². The van der Waals surface area contributed by atoms with Crippen LogP contribution in [0.5, 0.6) is 0 Å². The molecule has 2 fully saturated rings. The van der Waals surface area contributed by atoms with Crippen molar-refractivity contribution in [2.75, 3.05) is 61.0 Å². The maximum Gasteiger partial charge on any atom is 0.414 e. The molecule has 0 spiro atoms. The van der Waals surface area contributed by atoms with Gasteiger partial charge in [-0.1, -0.05) is 24.6 Å². The fourth-order valence-corrected chi connectivity index (χ4v) is 4.00. The number of benzene rings is 2. The van der Waals surface area contributed by atoms with Crippen molar-refractivity contribution in [2.24, 2.45) is 0 Å². The molecule has 0 saturated carbocycles. The number of rotatable bonds is 5. The van der Waals surface area contributed by atoms with Gasteiger partial charge in [0.15, 0.2) is 0 Å². The zero-order valence-corrected chi connectivity index (χ0v) is 17.7. The monoisotopic (exact) mass is 428 g/mol. The van der Waals surface area contributed by atoms with E-state index in [1.54, 1.807) is 30.3 Å². The van der Waals surface area contributed by atoms with Crippen molar-refractivity contribution in [3.05, 3.63) is 53.1 Å². The number of hydrogen-bond acceptors (Lipinski definition) is 5. The van der Waals surface area contributed by atoms with Crippen molar-refractivity contribution in [2.45, 2.75) is 6.92 Å². The number of ether oxygens (including phenoxy) is 1. The first-order valence-corrected chi connectivity index (χ1v) is 10.6. The predicted octanol–water partition coefficient (Wildman–Crippen LogP) is 3.69. The maximum atomic E-state index is 13.0. The lowest BCUT2D eigenvalue weighted by molar-refractivity contribution is 0.102. The third kappa shape index (κ3) is 4.37. The van der Waals surface area contributed by atoms with Gasteiger partial charge in [0.2, 0.25) is 0 Å². The number of amides is 2. The summed E-state index contributed by atoms with van der Waals surface area (Å²) in [5.41, 5.74) is 2.76. The largest absolute Gasteiger partial charge is 0.447 e. The van der Waals surface area contributed by atoms with Crippen LogP contribution in [0, 0.1) is 0 Å². The van der Waals surface area contributed by atoms with Crippen LogP contribution in [0.3, 0.4) is 0 Å². The Bertz CT molecular complexity index is 944. The molecule has 2 aliphatic rings. The number of nitrogens with one attached hydrogen (secondary N) is 1. The second-order valence-corrected chi connectivity index (χ2v) is 7.79. The van der Waals surface area contributed by atoms with Gasteiger partial charge in [-0.3, -0.25) is 9.69 Å². The van der Waals surface area contributed by atoms with Crippen molar-refractivity contribution in [3.8, 4) is 0 Å². The third-order valence-electron chi connectivity index (χ3n) is 5.55. The molecule has 0 atom stereocenters. The SMILES string of the molecule is CCN1CCN(c2ccc(Cl)cc2NC(=O)c2cccc(N3CCOC3=O)c2)CC1. The summed E-state index contributed by atoms with van der Waals surface area (Å²) < 4.78 is 4.99. The van der Waals surface area contributed by atoms with Crippen molar-refractivity contribution >= 4 is 40.7 Å². The van der Waals surface area contributed by atoms with Crippen LogP contribution in [-0.2, 0) is 4.74 Å². The van der Waals surface area contributed by atoms with Gasteiger partial charge in [-0.05, 0) is 42.9 Å². The Balaban J connectivity index is 1.53. The van der Waals surface area contributed by atoms with Crippen LogP contribution in [-0.4, -0.2) is 62.8 Å². The Labute approximate surface area is 181 Å². The second-order valence-electron chi connectivity index (χ2n) is 7.35.